The number of nitrogens with zero attached hydrogens (tertiary/aromatic N) is 1. The number of hydrogen-bond acceptors (Lipinski definition) is 3. The highest BCUT2D eigenvalue weighted by atomic mass is 19.1. The van der Waals surface area contributed by atoms with Crippen molar-refractivity contribution < 1.29 is 14.3 Å². The molecule has 0 saturated carbocycles. The van der Waals surface area contributed by atoms with Crippen LogP contribution in [0.5, 0.6) is 0 Å². The number of pyridine rings is 1. The van der Waals surface area contributed by atoms with Crippen LogP contribution in [0.1, 0.15) is 18.2 Å². The third-order valence-corrected chi connectivity index (χ3v) is 2.94. The van der Waals surface area contributed by atoms with Crippen LogP contribution in [0.3, 0.4) is 0 Å². The summed E-state index contributed by atoms with van der Waals surface area (Å²) >= 11 is 0. The second kappa shape index (κ2) is 5.22. The molecular weight excluding hydrogens is 247 g/mol. The first-order valence-corrected chi connectivity index (χ1v) is 6.07. The lowest BCUT2D eigenvalue weighted by atomic mass is 10.0. The number of benzene rings is 1. The molecule has 0 fully saturated rings. The van der Waals surface area contributed by atoms with E-state index in [1.54, 1.807) is 13.0 Å². The van der Waals surface area contributed by atoms with Crippen LogP contribution in [0.4, 0.5) is 10.1 Å². The summed E-state index contributed by atoms with van der Waals surface area (Å²) in [4.78, 5) is 15.3. The molecule has 1 aromatic heterocycles. The number of nitrogens with one attached hydrogen (secondary N) is 1. The summed E-state index contributed by atoms with van der Waals surface area (Å²) in [5.41, 5.74) is 2.57. The first kappa shape index (κ1) is 13.3. The van der Waals surface area contributed by atoms with E-state index in [1.165, 1.54) is 12.1 Å². The molecule has 2 aromatic rings. The molecule has 0 spiro atoms. The molecule has 0 atom stereocenters. The zero-order chi connectivity index (χ0) is 14.0. The lowest BCUT2D eigenvalue weighted by Crippen LogP contribution is -2.10. The topological polar surface area (TPSA) is 62.2 Å². The standard InChI is InChI=1S/C14H15FN2O2/c1-3-16-14-10(7-13(18)19)8(2)17-12-5-4-9(15)6-11(12)14/h4-6H,3,7H2,1-2H3,(H,16,17)(H,18,19). The SMILES string of the molecule is CCNc1c(CC(=O)O)c(C)nc2ccc(F)cc12. The van der Waals surface area contributed by atoms with Crippen LogP contribution in [-0.2, 0) is 11.2 Å². The Morgan fingerprint density at radius 3 is 2.84 bits per heavy atom. The number of anilines is 1. The lowest BCUT2D eigenvalue weighted by molar-refractivity contribution is -0.136. The predicted molar refractivity (Wildman–Crippen MR) is 71.9 cm³/mol. The summed E-state index contributed by atoms with van der Waals surface area (Å²) in [6.45, 7) is 4.30. The number of aromatic nitrogens is 1. The highest BCUT2D eigenvalue weighted by Gasteiger charge is 2.15. The third kappa shape index (κ3) is 2.65. The van der Waals surface area contributed by atoms with E-state index in [9.17, 15) is 9.18 Å². The van der Waals surface area contributed by atoms with Gasteiger partial charge < -0.3 is 10.4 Å². The summed E-state index contributed by atoms with van der Waals surface area (Å²) in [6, 6.07) is 4.33. The number of aryl methyl sites for hydroxylation is 1. The molecular formula is C14H15FN2O2. The van der Waals surface area contributed by atoms with Crippen molar-refractivity contribution in [1.82, 2.24) is 4.98 Å². The van der Waals surface area contributed by atoms with Gasteiger partial charge in [0.05, 0.1) is 11.9 Å². The van der Waals surface area contributed by atoms with Crippen LogP contribution in [-0.4, -0.2) is 22.6 Å². The average molecular weight is 262 g/mol. The largest absolute Gasteiger partial charge is 0.481 e. The number of hydrogen-bond donors (Lipinski definition) is 2. The monoisotopic (exact) mass is 262 g/mol. The molecule has 5 heteroatoms. The Hall–Kier alpha value is -2.17. The highest BCUT2D eigenvalue weighted by molar-refractivity contribution is 5.94. The van der Waals surface area contributed by atoms with Crippen molar-refractivity contribution >= 4 is 22.6 Å². The summed E-state index contributed by atoms with van der Waals surface area (Å²) in [7, 11) is 0. The normalized spacial score (nSPS) is 10.7. The Bertz CT molecular complexity index is 641. The molecule has 1 heterocycles. The predicted octanol–water partition coefficient (Wildman–Crippen LogP) is 2.74. The Labute approximate surface area is 110 Å². The fourth-order valence-corrected chi connectivity index (χ4v) is 2.14. The zero-order valence-corrected chi connectivity index (χ0v) is 10.8. The highest BCUT2D eigenvalue weighted by Crippen LogP contribution is 2.29. The van der Waals surface area contributed by atoms with Gasteiger partial charge in [-0.15, -0.1) is 0 Å². The first-order valence-electron chi connectivity index (χ1n) is 6.07. The molecule has 19 heavy (non-hydrogen) atoms. The molecule has 4 nitrogen and oxygen atoms in total. The van der Waals surface area contributed by atoms with Gasteiger partial charge in [0, 0.05) is 28.9 Å². The van der Waals surface area contributed by atoms with E-state index in [4.69, 9.17) is 5.11 Å². The molecule has 2 N–H and O–H groups in total. The Kier molecular flexibility index (Phi) is 3.64. The van der Waals surface area contributed by atoms with Crippen LogP contribution >= 0.6 is 0 Å². The maximum absolute atomic E-state index is 13.4. The van der Waals surface area contributed by atoms with E-state index in [0.717, 1.165) is 0 Å². The fourth-order valence-electron chi connectivity index (χ4n) is 2.14. The van der Waals surface area contributed by atoms with Crippen molar-refractivity contribution in [2.75, 3.05) is 11.9 Å². The van der Waals surface area contributed by atoms with Gasteiger partial charge in [0.2, 0.25) is 0 Å². The molecule has 0 aliphatic carbocycles. The van der Waals surface area contributed by atoms with Crippen molar-refractivity contribution in [2.45, 2.75) is 20.3 Å². The van der Waals surface area contributed by atoms with Gasteiger partial charge in [0.1, 0.15) is 5.82 Å². The number of carboxylic acids is 1. The third-order valence-electron chi connectivity index (χ3n) is 2.94. The van der Waals surface area contributed by atoms with Gasteiger partial charge in [-0.1, -0.05) is 0 Å². The molecule has 0 unspecified atom stereocenters. The zero-order valence-electron chi connectivity index (χ0n) is 10.8. The van der Waals surface area contributed by atoms with E-state index >= 15 is 0 Å². The van der Waals surface area contributed by atoms with Crippen LogP contribution in [0.15, 0.2) is 18.2 Å². The number of halogens is 1. The van der Waals surface area contributed by atoms with Crippen molar-refractivity contribution in [3.63, 3.8) is 0 Å². The van der Waals surface area contributed by atoms with Crippen molar-refractivity contribution in [1.29, 1.82) is 0 Å². The summed E-state index contributed by atoms with van der Waals surface area (Å²) in [5, 5.41) is 12.7. The number of carboxylic acid groups (broad SMARTS) is 1. The first-order chi connectivity index (χ1) is 9.02. The van der Waals surface area contributed by atoms with E-state index in [1.807, 2.05) is 6.92 Å². The Morgan fingerprint density at radius 2 is 2.21 bits per heavy atom. The van der Waals surface area contributed by atoms with Gasteiger partial charge in [-0.2, -0.15) is 0 Å². The van der Waals surface area contributed by atoms with Crippen molar-refractivity contribution in [3.8, 4) is 0 Å². The van der Waals surface area contributed by atoms with E-state index in [0.29, 0.717) is 34.4 Å². The van der Waals surface area contributed by atoms with Gasteiger partial charge in [-0.05, 0) is 32.0 Å². The smallest absolute Gasteiger partial charge is 0.307 e. The summed E-state index contributed by atoms with van der Waals surface area (Å²) in [5.74, 6) is -1.29. The molecule has 0 bridgehead atoms. The second-order valence-electron chi connectivity index (χ2n) is 4.31. The van der Waals surface area contributed by atoms with Gasteiger partial charge in [-0.3, -0.25) is 9.78 Å². The maximum atomic E-state index is 13.4. The molecule has 0 aliphatic heterocycles. The van der Waals surface area contributed by atoms with Gasteiger partial charge in [-0.25, -0.2) is 4.39 Å². The number of rotatable bonds is 4. The fraction of sp³-hybridized carbons (Fsp3) is 0.286. The second-order valence-corrected chi connectivity index (χ2v) is 4.31. The molecule has 0 saturated heterocycles. The van der Waals surface area contributed by atoms with Crippen LogP contribution in [0, 0.1) is 12.7 Å². The Morgan fingerprint density at radius 1 is 1.47 bits per heavy atom. The number of aliphatic carboxylic acids is 1. The molecule has 0 aliphatic rings. The Balaban J connectivity index is 2.74. The van der Waals surface area contributed by atoms with Crippen LogP contribution < -0.4 is 5.32 Å². The molecule has 1 aromatic carbocycles. The lowest BCUT2D eigenvalue weighted by Gasteiger charge is -2.15. The summed E-state index contributed by atoms with van der Waals surface area (Å²) in [6.07, 6.45) is -0.131. The summed E-state index contributed by atoms with van der Waals surface area (Å²) < 4.78 is 13.4. The van der Waals surface area contributed by atoms with Crippen LogP contribution in [0.25, 0.3) is 10.9 Å². The quantitative estimate of drug-likeness (QED) is 0.889. The van der Waals surface area contributed by atoms with Crippen molar-refractivity contribution in [2.24, 2.45) is 0 Å². The number of carbonyl (C=O) groups is 1. The van der Waals surface area contributed by atoms with Crippen LogP contribution in [0.2, 0.25) is 0 Å². The van der Waals surface area contributed by atoms with E-state index < -0.39 is 5.97 Å². The van der Waals surface area contributed by atoms with Gasteiger partial charge in [0.15, 0.2) is 0 Å². The van der Waals surface area contributed by atoms with E-state index in [2.05, 4.69) is 10.3 Å². The molecule has 100 valence electrons. The molecule has 0 radical (unpaired) electrons. The van der Waals surface area contributed by atoms with Gasteiger partial charge >= 0.3 is 5.97 Å². The minimum absolute atomic E-state index is 0.131. The minimum Gasteiger partial charge on any atom is -0.481 e. The van der Waals surface area contributed by atoms with Crippen molar-refractivity contribution in [3.05, 3.63) is 35.3 Å². The minimum atomic E-state index is -0.931. The molecule has 2 rings (SSSR count). The molecule has 0 amide bonds. The van der Waals surface area contributed by atoms with E-state index in [-0.39, 0.29) is 12.2 Å². The average Bonchev–Trinajstić information content (AvgIpc) is 2.34. The van der Waals surface area contributed by atoms with Gasteiger partial charge in [0.25, 0.3) is 0 Å². The number of fused-ring (bicyclic) bond motifs is 1. The maximum Gasteiger partial charge on any atom is 0.307 e.